The van der Waals surface area contributed by atoms with E-state index in [1.165, 1.54) is 10.5 Å². The van der Waals surface area contributed by atoms with E-state index in [1.807, 2.05) is 0 Å². The van der Waals surface area contributed by atoms with Gasteiger partial charge in [0.25, 0.3) is 0 Å². The number of benzene rings is 1. The van der Waals surface area contributed by atoms with Gasteiger partial charge in [-0.1, -0.05) is 36.2 Å². The molecule has 2 N–H and O–H groups in total. The van der Waals surface area contributed by atoms with Crippen LogP contribution in [-0.4, -0.2) is 10.1 Å². The molecular formula is C14H19N3OS. The maximum absolute atomic E-state index is 5.94. The minimum atomic E-state index is -0.143. The Balaban J connectivity index is 1.91. The fourth-order valence-electron chi connectivity index (χ4n) is 1.69. The Bertz CT molecular complexity index is 510. The first-order valence-electron chi connectivity index (χ1n) is 6.46. The van der Waals surface area contributed by atoms with Crippen LogP contribution in [0, 0.1) is 6.92 Å². The van der Waals surface area contributed by atoms with Crippen molar-refractivity contribution in [2.75, 3.05) is 0 Å². The van der Waals surface area contributed by atoms with Gasteiger partial charge >= 0.3 is 0 Å². The molecule has 0 aliphatic rings. The van der Waals surface area contributed by atoms with E-state index in [0.717, 1.165) is 12.8 Å². The lowest BCUT2D eigenvalue weighted by atomic mass is 10.2. The molecule has 1 aromatic carbocycles. The second-order valence-corrected chi connectivity index (χ2v) is 5.59. The zero-order chi connectivity index (χ0) is 13.7. The maximum atomic E-state index is 5.94. The van der Waals surface area contributed by atoms with Crippen molar-refractivity contribution in [3.63, 3.8) is 0 Å². The van der Waals surface area contributed by atoms with Gasteiger partial charge in [0.15, 0.2) is 5.82 Å². The van der Waals surface area contributed by atoms with Crippen LogP contribution in [0.2, 0.25) is 0 Å². The minimum absolute atomic E-state index is 0.143. The molecule has 0 radical (unpaired) electrons. The van der Waals surface area contributed by atoms with Gasteiger partial charge in [0.05, 0.1) is 11.8 Å². The van der Waals surface area contributed by atoms with Gasteiger partial charge in [0, 0.05) is 4.90 Å². The third-order valence-corrected chi connectivity index (χ3v) is 3.80. The van der Waals surface area contributed by atoms with Crippen molar-refractivity contribution in [3.05, 3.63) is 41.5 Å². The summed E-state index contributed by atoms with van der Waals surface area (Å²) in [6, 6.07) is 8.26. The van der Waals surface area contributed by atoms with Crippen LogP contribution in [0.4, 0.5) is 0 Å². The van der Waals surface area contributed by atoms with Gasteiger partial charge in [-0.3, -0.25) is 0 Å². The SMILES string of the molecule is CCC[C@@H](N)c1nc(CSc2ccc(C)cc2)no1. The largest absolute Gasteiger partial charge is 0.338 e. The molecule has 1 atom stereocenters. The van der Waals surface area contributed by atoms with Crippen LogP contribution in [0.3, 0.4) is 0 Å². The van der Waals surface area contributed by atoms with Crippen molar-refractivity contribution in [2.24, 2.45) is 5.73 Å². The molecule has 2 aromatic rings. The molecule has 5 heteroatoms. The van der Waals surface area contributed by atoms with E-state index < -0.39 is 0 Å². The Morgan fingerprint density at radius 1 is 1.32 bits per heavy atom. The van der Waals surface area contributed by atoms with E-state index in [0.29, 0.717) is 17.5 Å². The van der Waals surface area contributed by atoms with Crippen molar-refractivity contribution >= 4 is 11.8 Å². The number of hydrogen-bond acceptors (Lipinski definition) is 5. The van der Waals surface area contributed by atoms with Gasteiger partial charge in [-0.25, -0.2) is 0 Å². The van der Waals surface area contributed by atoms with E-state index in [2.05, 4.69) is 48.3 Å². The number of rotatable bonds is 6. The Kier molecular flexibility index (Phi) is 4.99. The summed E-state index contributed by atoms with van der Waals surface area (Å²) in [6.45, 7) is 4.17. The van der Waals surface area contributed by atoms with Gasteiger partial charge < -0.3 is 10.3 Å². The van der Waals surface area contributed by atoms with E-state index in [-0.39, 0.29) is 6.04 Å². The second kappa shape index (κ2) is 6.73. The number of aromatic nitrogens is 2. The van der Waals surface area contributed by atoms with Crippen LogP contribution >= 0.6 is 11.8 Å². The molecule has 0 aliphatic carbocycles. The summed E-state index contributed by atoms with van der Waals surface area (Å²) in [6.07, 6.45) is 1.88. The molecule has 4 nitrogen and oxygen atoms in total. The predicted molar refractivity (Wildman–Crippen MR) is 76.9 cm³/mol. The summed E-state index contributed by atoms with van der Waals surface area (Å²) in [5, 5.41) is 3.97. The molecule has 2 rings (SSSR count). The third-order valence-electron chi connectivity index (χ3n) is 2.79. The zero-order valence-corrected chi connectivity index (χ0v) is 12.1. The first kappa shape index (κ1) is 14.1. The van der Waals surface area contributed by atoms with Crippen LogP contribution < -0.4 is 5.73 Å². The van der Waals surface area contributed by atoms with E-state index in [4.69, 9.17) is 10.3 Å². The molecule has 1 heterocycles. The number of nitrogens with two attached hydrogens (primary N) is 1. The molecule has 1 aromatic heterocycles. The fraction of sp³-hybridized carbons (Fsp3) is 0.429. The van der Waals surface area contributed by atoms with Gasteiger partial charge in [-0.2, -0.15) is 4.98 Å². The van der Waals surface area contributed by atoms with Crippen LogP contribution in [0.25, 0.3) is 0 Å². The average Bonchev–Trinajstić information content (AvgIpc) is 2.87. The Morgan fingerprint density at radius 2 is 2.05 bits per heavy atom. The van der Waals surface area contributed by atoms with Crippen molar-refractivity contribution in [1.29, 1.82) is 0 Å². The lowest BCUT2D eigenvalue weighted by Crippen LogP contribution is -2.10. The van der Waals surface area contributed by atoms with Crippen LogP contribution in [0.5, 0.6) is 0 Å². The van der Waals surface area contributed by atoms with Crippen LogP contribution in [-0.2, 0) is 5.75 Å². The molecule has 0 aliphatic heterocycles. The Hall–Kier alpha value is -1.33. The van der Waals surface area contributed by atoms with Crippen molar-refractivity contribution in [2.45, 2.75) is 43.4 Å². The molecule has 102 valence electrons. The summed E-state index contributed by atoms with van der Waals surface area (Å²) in [7, 11) is 0. The maximum Gasteiger partial charge on any atom is 0.243 e. The molecule has 0 saturated carbocycles. The minimum Gasteiger partial charge on any atom is -0.338 e. The molecule has 0 bridgehead atoms. The molecule has 0 unspecified atom stereocenters. The number of aryl methyl sites for hydroxylation is 1. The van der Waals surface area contributed by atoms with Crippen molar-refractivity contribution in [3.8, 4) is 0 Å². The standard InChI is InChI=1S/C14H19N3OS/c1-3-4-12(15)14-16-13(17-18-14)9-19-11-7-5-10(2)6-8-11/h5-8,12H,3-4,9,15H2,1-2H3/t12-/m1/s1. The van der Waals surface area contributed by atoms with E-state index in [9.17, 15) is 0 Å². The third kappa shape index (κ3) is 4.08. The lowest BCUT2D eigenvalue weighted by Gasteiger charge is -2.02. The topological polar surface area (TPSA) is 64.9 Å². The molecule has 19 heavy (non-hydrogen) atoms. The summed E-state index contributed by atoms with van der Waals surface area (Å²) in [5.41, 5.74) is 7.20. The molecule has 0 saturated heterocycles. The average molecular weight is 277 g/mol. The predicted octanol–water partition coefficient (Wildman–Crippen LogP) is 3.47. The van der Waals surface area contributed by atoms with Gasteiger partial charge in [-0.15, -0.1) is 11.8 Å². The fourth-order valence-corrected chi connectivity index (χ4v) is 2.44. The summed E-state index contributed by atoms with van der Waals surface area (Å²) >= 11 is 1.69. The second-order valence-electron chi connectivity index (χ2n) is 4.55. The smallest absolute Gasteiger partial charge is 0.243 e. The first-order valence-corrected chi connectivity index (χ1v) is 7.45. The monoisotopic (exact) mass is 277 g/mol. The zero-order valence-electron chi connectivity index (χ0n) is 11.3. The van der Waals surface area contributed by atoms with Crippen molar-refractivity contribution in [1.82, 2.24) is 10.1 Å². The highest BCUT2D eigenvalue weighted by Gasteiger charge is 2.13. The van der Waals surface area contributed by atoms with Crippen LogP contribution in [0.1, 0.15) is 43.1 Å². The Labute approximate surface area is 117 Å². The summed E-state index contributed by atoms with van der Waals surface area (Å²) < 4.78 is 5.19. The lowest BCUT2D eigenvalue weighted by molar-refractivity contribution is 0.345. The molecule has 0 amide bonds. The number of hydrogen-bond donors (Lipinski definition) is 1. The first-order chi connectivity index (χ1) is 9.19. The van der Waals surface area contributed by atoms with E-state index >= 15 is 0 Å². The molecular weight excluding hydrogens is 258 g/mol. The van der Waals surface area contributed by atoms with Crippen LogP contribution in [0.15, 0.2) is 33.7 Å². The highest BCUT2D eigenvalue weighted by molar-refractivity contribution is 7.98. The van der Waals surface area contributed by atoms with Gasteiger partial charge in [0.1, 0.15) is 0 Å². The highest BCUT2D eigenvalue weighted by Crippen LogP contribution is 2.22. The normalized spacial score (nSPS) is 12.6. The van der Waals surface area contributed by atoms with E-state index in [1.54, 1.807) is 11.8 Å². The molecule has 0 fully saturated rings. The van der Waals surface area contributed by atoms with Gasteiger partial charge in [-0.05, 0) is 25.5 Å². The quantitative estimate of drug-likeness (QED) is 0.819. The van der Waals surface area contributed by atoms with Crippen molar-refractivity contribution < 1.29 is 4.52 Å². The summed E-state index contributed by atoms with van der Waals surface area (Å²) in [4.78, 5) is 5.54. The van der Waals surface area contributed by atoms with Gasteiger partial charge in [0.2, 0.25) is 5.89 Å². The highest BCUT2D eigenvalue weighted by atomic mass is 32.2. The number of nitrogens with zero attached hydrogens (tertiary/aromatic N) is 2. The Morgan fingerprint density at radius 3 is 2.74 bits per heavy atom. The summed E-state index contributed by atoms with van der Waals surface area (Å²) in [5.74, 6) is 1.94. The molecule has 0 spiro atoms. The number of thioether (sulfide) groups is 1.